The van der Waals surface area contributed by atoms with Gasteiger partial charge in [-0.3, -0.25) is 0 Å². The van der Waals surface area contributed by atoms with Crippen molar-refractivity contribution in [1.29, 1.82) is 0 Å². The summed E-state index contributed by atoms with van der Waals surface area (Å²) < 4.78 is 40.7. The van der Waals surface area contributed by atoms with Gasteiger partial charge in [-0.2, -0.15) is 13.2 Å². The molecule has 3 nitrogen and oxygen atoms in total. The molecule has 2 aromatic carbocycles. The molecule has 1 N–H and O–H groups in total. The molecule has 0 atom stereocenters. The van der Waals surface area contributed by atoms with E-state index in [-0.39, 0.29) is 5.56 Å². The fraction of sp³-hybridized carbons (Fsp3) is 0.250. The fourth-order valence-electron chi connectivity index (χ4n) is 3.06. The number of carboxylic acids is 1. The van der Waals surface area contributed by atoms with Crippen LogP contribution in [0.5, 0.6) is 0 Å². The molecule has 0 saturated carbocycles. The first-order valence-electron chi connectivity index (χ1n) is 8.20. The van der Waals surface area contributed by atoms with Crippen LogP contribution in [0.15, 0.2) is 48.7 Å². The number of hydrogen-bond acceptors (Lipinski definition) is 1. The van der Waals surface area contributed by atoms with Crippen LogP contribution in [0.2, 0.25) is 0 Å². The van der Waals surface area contributed by atoms with Crippen molar-refractivity contribution < 1.29 is 23.1 Å². The minimum atomic E-state index is -4.41. The Labute approximate surface area is 148 Å². The number of rotatable bonds is 4. The molecule has 0 spiro atoms. The zero-order valence-corrected chi connectivity index (χ0v) is 14.3. The Hall–Kier alpha value is -2.76. The topological polar surface area (TPSA) is 42.2 Å². The van der Waals surface area contributed by atoms with Gasteiger partial charge in [-0.15, -0.1) is 0 Å². The second-order valence-electron chi connectivity index (χ2n) is 6.70. The van der Waals surface area contributed by atoms with Crippen LogP contribution in [0.1, 0.15) is 29.8 Å². The average Bonchev–Trinajstić information content (AvgIpc) is 2.92. The molecule has 6 heteroatoms. The second kappa shape index (κ2) is 6.52. The van der Waals surface area contributed by atoms with Crippen molar-refractivity contribution >= 4 is 16.9 Å². The Morgan fingerprint density at radius 3 is 2.42 bits per heavy atom. The second-order valence-corrected chi connectivity index (χ2v) is 6.70. The Kier molecular flexibility index (Phi) is 4.52. The first kappa shape index (κ1) is 18.0. The molecule has 1 aromatic heterocycles. The van der Waals surface area contributed by atoms with Crippen molar-refractivity contribution in [2.45, 2.75) is 26.6 Å². The number of fused-ring (bicyclic) bond motifs is 1. The molecular formula is C20H18F3NO2. The van der Waals surface area contributed by atoms with Crippen molar-refractivity contribution in [2.75, 3.05) is 0 Å². The zero-order valence-electron chi connectivity index (χ0n) is 14.3. The van der Waals surface area contributed by atoms with Gasteiger partial charge in [0.1, 0.15) is 0 Å². The first-order chi connectivity index (χ1) is 12.2. The van der Waals surface area contributed by atoms with Crippen LogP contribution in [0, 0.1) is 5.92 Å². The molecule has 0 saturated heterocycles. The summed E-state index contributed by atoms with van der Waals surface area (Å²) >= 11 is 0. The van der Waals surface area contributed by atoms with Gasteiger partial charge in [0.2, 0.25) is 0 Å². The highest BCUT2D eigenvalue weighted by atomic mass is 19.4. The van der Waals surface area contributed by atoms with E-state index in [1.165, 1.54) is 6.07 Å². The molecule has 26 heavy (non-hydrogen) atoms. The van der Waals surface area contributed by atoms with E-state index in [2.05, 4.69) is 0 Å². The third kappa shape index (κ3) is 3.45. The van der Waals surface area contributed by atoms with Gasteiger partial charge in [0, 0.05) is 23.6 Å². The van der Waals surface area contributed by atoms with E-state index in [0.29, 0.717) is 34.5 Å². The van der Waals surface area contributed by atoms with Crippen LogP contribution in [0.25, 0.3) is 22.0 Å². The summed E-state index contributed by atoms with van der Waals surface area (Å²) in [6.07, 6.45) is -2.82. The van der Waals surface area contributed by atoms with Crippen molar-refractivity contribution in [1.82, 2.24) is 4.57 Å². The van der Waals surface area contributed by atoms with Crippen LogP contribution in [0.3, 0.4) is 0 Å². The standard InChI is InChI=1S/C20H18F3NO2/c1-12(2)10-24-11-17(19(25)26)16-7-6-14(9-18(16)24)13-4-3-5-15(8-13)20(21,22)23/h3-9,11-12H,10H2,1-2H3,(H,25,26). The summed E-state index contributed by atoms with van der Waals surface area (Å²) in [4.78, 5) is 11.5. The van der Waals surface area contributed by atoms with E-state index < -0.39 is 17.7 Å². The van der Waals surface area contributed by atoms with Gasteiger partial charge in [-0.1, -0.05) is 38.1 Å². The molecule has 0 aliphatic heterocycles. The van der Waals surface area contributed by atoms with Crippen molar-refractivity contribution in [3.05, 3.63) is 59.8 Å². The molecule has 0 bridgehead atoms. The summed E-state index contributed by atoms with van der Waals surface area (Å²) in [5.74, 6) is -0.728. The minimum Gasteiger partial charge on any atom is -0.478 e. The van der Waals surface area contributed by atoms with Crippen molar-refractivity contribution in [3.8, 4) is 11.1 Å². The number of nitrogens with zero attached hydrogens (tertiary/aromatic N) is 1. The van der Waals surface area contributed by atoms with Gasteiger partial charge >= 0.3 is 12.1 Å². The Morgan fingerprint density at radius 1 is 1.12 bits per heavy atom. The number of aromatic carboxylic acids is 1. The monoisotopic (exact) mass is 361 g/mol. The predicted molar refractivity (Wildman–Crippen MR) is 94.2 cm³/mol. The summed E-state index contributed by atoms with van der Waals surface area (Å²) in [7, 11) is 0. The van der Waals surface area contributed by atoms with Crippen molar-refractivity contribution in [3.63, 3.8) is 0 Å². The van der Waals surface area contributed by atoms with Gasteiger partial charge in [0.25, 0.3) is 0 Å². The summed E-state index contributed by atoms with van der Waals surface area (Å²) in [5.41, 5.74) is 1.24. The van der Waals surface area contributed by atoms with Crippen molar-refractivity contribution in [2.24, 2.45) is 5.92 Å². The highest BCUT2D eigenvalue weighted by molar-refractivity contribution is 6.04. The molecule has 0 unspecified atom stereocenters. The zero-order chi connectivity index (χ0) is 19.1. The molecule has 1 heterocycles. The summed E-state index contributed by atoms with van der Waals surface area (Å²) in [6.45, 7) is 4.65. The molecule has 0 radical (unpaired) electrons. The maximum absolute atomic E-state index is 13.0. The number of alkyl halides is 3. The molecule has 0 aliphatic carbocycles. The molecule has 0 fully saturated rings. The number of aromatic nitrogens is 1. The predicted octanol–water partition coefficient (Wildman–Crippen LogP) is 5.68. The third-order valence-electron chi connectivity index (χ3n) is 4.20. The van der Waals surface area contributed by atoms with Gasteiger partial charge in [-0.05, 0) is 35.2 Å². The maximum Gasteiger partial charge on any atom is 0.416 e. The average molecular weight is 361 g/mol. The summed E-state index contributed by atoms with van der Waals surface area (Å²) in [6, 6.07) is 10.2. The highest BCUT2D eigenvalue weighted by Crippen LogP contribution is 2.33. The smallest absolute Gasteiger partial charge is 0.416 e. The van der Waals surface area contributed by atoms with Gasteiger partial charge in [-0.25, -0.2) is 4.79 Å². The fourth-order valence-corrected chi connectivity index (χ4v) is 3.06. The van der Waals surface area contributed by atoms with Crippen LogP contribution < -0.4 is 0 Å². The molecule has 0 amide bonds. The lowest BCUT2D eigenvalue weighted by atomic mass is 10.0. The van der Waals surface area contributed by atoms with Crippen LogP contribution in [-0.2, 0) is 12.7 Å². The number of carboxylic acid groups (broad SMARTS) is 1. The summed E-state index contributed by atoms with van der Waals surface area (Å²) in [5, 5.41) is 9.98. The quantitative estimate of drug-likeness (QED) is 0.649. The lowest BCUT2D eigenvalue weighted by molar-refractivity contribution is -0.137. The lowest BCUT2D eigenvalue weighted by Gasteiger charge is -2.11. The minimum absolute atomic E-state index is 0.191. The van der Waals surface area contributed by atoms with E-state index >= 15 is 0 Å². The van der Waals surface area contributed by atoms with Gasteiger partial charge in [0.05, 0.1) is 11.1 Å². The molecular weight excluding hydrogens is 343 g/mol. The van der Waals surface area contributed by atoms with Gasteiger partial charge < -0.3 is 9.67 Å². The molecule has 3 aromatic rings. The lowest BCUT2D eigenvalue weighted by Crippen LogP contribution is -2.04. The largest absolute Gasteiger partial charge is 0.478 e. The molecule has 0 aliphatic rings. The van der Waals surface area contributed by atoms with E-state index in [0.717, 1.165) is 12.1 Å². The van der Waals surface area contributed by atoms with Crippen LogP contribution in [-0.4, -0.2) is 15.6 Å². The highest BCUT2D eigenvalue weighted by Gasteiger charge is 2.30. The van der Waals surface area contributed by atoms with E-state index in [4.69, 9.17) is 0 Å². The number of benzene rings is 2. The van der Waals surface area contributed by atoms with Gasteiger partial charge in [0.15, 0.2) is 0 Å². The third-order valence-corrected chi connectivity index (χ3v) is 4.20. The SMILES string of the molecule is CC(C)Cn1cc(C(=O)O)c2ccc(-c3cccc(C(F)(F)F)c3)cc21. The normalized spacial score (nSPS) is 12.1. The molecule has 136 valence electrons. The van der Waals surface area contributed by atoms with E-state index in [1.807, 2.05) is 18.4 Å². The maximum atomic E-state index is 13.0. The Morgan fingerprint density at radius 2 is 1.81 bits per heavy atom. The van der Waals surface area contributed by atoms with E-state index in [1.54, 1.807) is 30.5 Å². The number of carbonyl (C=O) groups is 1. The molecule has 3 rings (SSSR count). The first-order valence-corrected chi connectivity index (χ1v) is 8.20. The Bertz CT molecular complexity index is 971. The van der Waals surface area contributed by atoms with E-state index in [9.17, 15) is 23.1 Å². The number of halogens is 3. The number of hydrogen-bond donors (Lipinski definition) is 1. The van der Waals surface area contributed by atoms with Crippen LogP contribution >= 0.6 is 0 Å². The van der Waals surface area contributed by atoms with Crippen LogP contribution in [0.4, 0.5) is 13.2 Å². The Balaban J connectivity index is 2.16.